The van der Waals surface area contributed by atoms with Crippen molar-refractivity contribution in [1.29, 1.82) is 0 Å². The van der Waals surface area contributed by atoms with Crippen LogP contribution in [0.3, 0.4) is 0 Å². The van der Waals surface area contributed by atoms with Crippen LogP contribution < -0.4 is 0 Å². The third kappa shape index (κ3) is 4.96. The van der Waals surface area contributed by atoms with E-state index in [1.165, 1.54) is 6.42 Å². The van der Waals surface area contributed by atoms with Crippen molar-refractivity contribution in [2.75, 3.05) is 26.2 Å². The minimum absolute atomic E-state index is 0.220. The van der Waals surface area contributed by atoms with Crippen LogP contribution in [-0.2, 0) is 9.47 Å². The van der Waals surface area contributed by atoms with E-state index in [1.54, 1.807) is 0 Å². The van der Waals surface area contributed by atoms with Gasteiger partial charge in [0.1, 0.15) is 5.60 Å². The van der Waals surface area contributed by atoms with Crippen molar-refractivity contribution in [2.45, 2.75) is 69.9 Å². The number of nitrogens with zero attached hydrogens (tertiary/aromatic N) is 1. The number of aliphatic hydroxyl groups excluding tert-OH is 1. The molecule has 0 aromatic carbocycles. The quantitative estimate of drug-likeness (QED) is 0.786. The van der Waals surface area contributed by atoms with Crippen LogP contribution in [0.15, 0.2) is 0 Å². The van der Waals surface area contributed by atoms with Crippen LogP contribution in [-0.4, -0.2) is 60.2 Å². The van der Waals surface area contributed by atoms with Crippen molar-refractivity contribution in [3.05, 3.63) is 0 Å². The molecule has 2 rings (SSSR count). The molecule has 4 heteroatoms. The molecule has 2 aliphatic rings. The summed E-state index contributed by atoms with van der Waals surface area (Å²) >= 11 is 0. The summed E-state index contributed by atoms with van der Waals surface area (Å²) in [5, 5.41) is 10.2. The molecule has 1 saturated carbocycles. The summed E-state index contributed by atoms with van der Waals surface area (Å²) in [6, 6.07) is 0. The molecule has 0 radical (unpaired) electrons. The Morgan fingerprint density at radius 3 is 2.48 bits per heavy atom. The molecular formula is C17H29NO3. The zero-order valence-electron chi connectivity index (χ0n) is 13.4. The van der Waals surface area contributed by atoms with Gasteiger partial charge in [0, 0.05) is 19.6 Å². The van der Waals surface area contributed by atoms with Crippen molar-refractivity contribution in [3.8, 4) is 12.3 Å². The van der Waals surface area contributed by atoms with E-state index in [0.29, 0.717) is 13.2 Å². The van der Waals surface area contributed by atoms with Crippen LogP contribution >= 0.6 is 0 Å². The second kappa shape index (κ2) is 7.60. The Morgan fingerprint density at radius 1 is 1.29 bits per heavy atom. The van der Waals surface area contributed by atoms with Crippen molar-refractivity contribution in [3.63, 3.8) is 0 Å². The van der Waals surface area contributed by atoms with E-state index in [4.69, 9.17) is 15.9 Å². The smallest absolute Gasteiger partial charge is 0.128 e. The molecule has 4 nitrogen and oxygen atoms in total. The number of aliphatic hydroxyl groups is 1. The first-order valence-electron chi connectivity index (χ1n) is 8.20. The van der Waals surface area contributed by atoms with Gasteiger partial charge in [-0.05, 0) is 39.5 Å². The lowest BCUT2D eigenvalue weighted by atomic mass is 9.85. The maximum absolute atomic E-state index is 10.2. The lowest BCUT2D eigenvalue weighted by molar-refractivity contribution is -0.0969. The molecular weight excluding hydrogens is 266 g/mol. The largest absolute Gasteiger partial charge is 0.389 e. The third-order valence-corrected chi connectivity index (χ3v) is 4.44. The van der Waals surface area contributed by atoms with Gasteiger partial charge in [0.15, 0.2) is 0 Å². The molecule has 0 aromatic rings. The van der Waals surface area contributed by atoms with E-state index in [9.17, 15) is 5.11 Å². The summed E-state index contributed by atoms with van der Waals surface area (Å²) in [4.78, 5) is 2.25. The molecule has 0 amide bonds. The van der Waals surface area contributed by atoms with E-state index < -0.39 is 11.7 Å². The highest BCUT2D eigenvalue weighted by Crippen LogP contribution is 2.31. The Bertz CT molecular complexity index is 350. The topological polar surface area (TPSA) is 41.9 Å². The minimum atomic E-state index is -0.491. The third-order valence-electron chi connectivity index (χ3n) is 4.44. The number of hydrogen-bond acceptors (Lipinski definition) is 4. The van der Waals surface area contributed by atoms with E-state index in [0.717, 1.165) is 38.8 Å². The fourth-order valence-electron chi connectivity index (χ4n) is 3.49. The van der Waals surface area contributed by atoms with Crippen LogP contribution in [0.2, 0.25) is 0 Å². The number of hydrogen-bond donors (Lipinski definition) is 1. The Hall–Kier alpha value is -0.600. The summed E-state index contributed by atoms with van der Waals surface area (Å²) in [7, 11) is 0. The number of terminal acetylenes is 1. The zero-order valence-corrected chi connectivity index (χ0v) is 13.4. The maximum Gasteiger partial charge on any atom is 0.128 e. The minimum Gasteiger partial charge on any atom is -0.389 e. The highest BCUT2D eigenvalue weighted by molar-refractivity contribution is 5.09. The van der Waals surface area contributed by atoms with Crippen molar-refractivity contribution in [1.82, 2.24) is 4.90 Å². The standard InChI is InChI=1S/C17H29NO3/c1-4-17(8-6-5-7-9-17)20-13-16(19)12-18-10-14(2)21-15(3)11-18/h1,14-16,19H,5-13H2,2-3H3/t14-,15-,16-/m1/s1. The summed E-state index contributed by atoms with van der Waals surface area (Å²) in [6.07, 6.45) is 10.9. The molecule has 1 saturated heterocycles. The molecule has 0 spiro atoms. The van der Waals surface area contributed by atoms with Gasteiger partial charge < -0.3 is 14.6 Å². The molecule has 2 fully saturated rings. The first-order chi connectivity index (χ1) is 10.0. The summed E-state index contributed by atoms with van der Waals surface area (Å²) in [6.45, 7) is 6.81. The second-order valence-electron chi connectivity index (χ2n) is 6.64. The van der Waals surface area contributed by atoms with E-state index in [-0.39, 0.29) is 12.2 Å². The Kier molecular flexibility index (Phi) is 6.07. The monoisotopic (exact) mass is 295 g/mol. The fourth-order valence-corrected chi connectivity index (χ4v) is 3.49. The highest BCUT2D eigenvalue weighted by atomic mass is 16.5. The number of ether oxygens (including phenoxy) is 2. The van der Waals surface area contributed by atoms with Crippen molar-refractivity contribution in [2.24, 2.45) is 0 Å². The molecule has 0 aromatic heterocycles. The molecule has 1 aliphatic carbocycles. The van der Waals surface area contributed by atoms with Gasteiger partial charge in [0.05, 0.1) is 24.9 Å². The van der Waals surface area contributed by atoms with Gasteiger partial charge in [0.25, 0.3) is 0 Å². The lowest BCUT2D eigenvalue weighted by Crippen LogP contribution is -2.49. The number of rotatable bonds is 5. The predicted molar refractivity (Wildman–Crippen MR) is 83.1 cm³/mol. The van der Waals surface area contributed by atoms with Gasteiger partial charge in [-0.2, -0.15) is 0 Å². The van der Waals surface area contributed by atoms with Gasteiger partial charge >= 0.3 is 0 Å². The summed E-state index contributed by atoms with van der Waals surface area (Å²) < 4.78 is 11.6. The molecule has 3 atom stereocenters. The van der Waals surface area contributed by atoms with E-state index in [2.05, 4.69) is 24.7 Å². The molecule has 0 unspecified atom stereocenters. The lowest BCUT2D eigenvalue weighted by Gasteiger charge is -2.37. The summed E-state index contributed by atoms with van der Waals surface area (Å²) in [5.74, 6) is 2.82. The van der Waals surface area contributed by atoms with E-state index >= 15 is 0 Å². The van der Waals surface area contributed by atoms with Crippen LogP contribution in [0.25, 0.3) is 0 Å². The van der Waals surface area contributed by atoms with Crippen molar-refractivity contribution >= 4 is 0 Å². The zero-order chi connectivity index (χ0) is 15.3. The summed E-state index contributed by atoms with van der Waals surface area (Å²) in [5.41, 5.74) is -0.440. The number of morpholine rings is 1. The van der Waals surface area contributed by atoms with Gasteiger partial charge in [-0.3, -0.25) is 4.90 Å². The SMILES string of the molecule is C#CC1(OC[C@H](O)CN2C[C@@H](C)O[C@H](C)C2)CCCCC1. The normalized spacial score (nSPS) is 31.5. The Labute approximate surface area is 128 Å². The average Bonchev–Trinajstić information content (AvgIpc) is 2.45. The predicted octanol–water partition coefficient (Wildman–Crippen LogP) is 1.81. The van der Waals surface area contributed by atoms with Gasteiger partial charge in [0.2, 0.25) is 0 Å². The van der Waals surface area contributed by atoms with E-state index in [1.807, 2.05) is 0 Å². The maximum atomic E-state index is 10.2. The molecule has 21 heavy (non-hydrogen) atoms. The highest BCUT2D eigenvalue weighted by Gasteiger charge is 2.32. The molecule has 0 bridgehead atoms. The van der Waals surface area contributed by atoms with Gasteiger partial charge in [-0.25, -0.2) is 0 Å². The first-order valence-corrected chi connectivity index (χ1v) is 8.20. The Balaban J connectivity index is 1.76. The van der Waals surface area contributed by atoms with Gasteiger partial charge in [-0.1, -0.05) is 12.3 Å². The molecule has 120 valence electrons. The van der Waals surface area contributed by atoms with Gasteiger partial charge in [-0.15, -0.1) is 6.42 Å². The van der Waals surface area contributed by atoms with Crippen molar-refractivity contribution < 1.29 is 14.6 Å². The molecule has 1 heterocycles. The number of β-amino-alcohol motifs (C(OH)–C–C–N with tert-alkyl or cyclic N) is 1. The molecule has 1 aliphatic heterocycles. The molecule has 1 N–H and O–H groups in total. The van der Waals surface area contributed by atoms with Crippen LogP contribution in [0.5, 0.6) is 0 Å². The van der Waals surface area contributed by atoms with Crippen LogP contribution in [0.4, 0.5) is 0 Å². The van der Waals surface area contributed by atoms with Crippen LogP contribution in [0, 0.1) is 12.3 Å². The fraction of sp³-hybridized carbons (Fsp3) is 0.882. The average molecular weight is 295 g/mol. The first kappa shape index (κ1) is 16.8. The second-order valence-corrected chi connectivity index (χ2v) is 6.64. The Morgan fingerprint density at radius 2 is 1.90 bits per heavy atom. The van der Waals surface area contributed by atoms with Crippen LogP contribution in [0.1, 0.15) is 46.0 Å².